The molecule has 29 heavy (non-hydrogen) atoms. The zero-order chi connectivity index (χ0) is 21.0. The molecule has 0 saturated carbocycles. The van der Waals surface area contributed by atoms with E-state index in [0.717, 1.165) is 0 Å². The summed E-state index contributed by atoms with van der Waals surface area (Å²) >= 11 is 13.0. The minimum atomic E-state index is -2.88. The summed E-state index contributed by atoms with van der Waals surface area (Å²) in [6.45, 7) is -2.88. The SMILES string of the molecule is Cn1c(SCC(=O)Nc2cc(Cl)cc(Cl)c2)nnc1-c1ccc(OC(F)F)cc1. The lowest BCUT2D eigenvalue weighted by molar-refractivity contribution is -0.113. The highest BCUT2D eigenvalue weighted by Gasteiger charge is 2.14. The number of anilines is 1. The molecule has 0 saturated heterocycles. The second kappa shape index (κ2) is 9.43. The number of alkyl halides is 2. The van der Waals surface area contributed by atoms with Crippen LogP contribution in [0.2, 0.25) is 10.0 Å². The maximum absolute atomic E-state index is 12.2. The first-order chi connectivity index (χ1) is 13.8. The molecule has 0 aliphatic carbocycles. The van der Waals surface area contributed by atoms with E-state index in [1.165, 1.54) is 23.9 Å². The van der Waals surface area contributed by atoms with Crippen LogP contribution in [0, 0.1) is 0 Å². The van der Waals surface area contributed by atoms with Crippen LogP contribution in [0.4, 0.5) is 14.5 Å². The lowest BCUT2D eigenvalue weighted by Crippen LogP contribution is -2.14. The van der Waals surface area contributed by atoms with E-state index < -0.39 is 6.61 Å². The fraction of sp³-hybridized carbons (Fsp3) is 0.167. The molecule has 6 nitrogen and oxygen atoms in total. The van der Waals surface area contributed by atoms with Gasteiger partial charge in [-0.15, -0.1) is 10.2 Å². The molecule has 0 fully saturated rings. The smallest absolute Gasteiger partial charge is 0.387 e. The van der Waals surface area contributed by atoms with Gasteiger partial charge in [0, 0.05) is 28.3 Å². The van der Waals surface area contributed by atoms with Crippen LogP contribution in [-0.4, -0.2) is 33.0 Å². The van der Waals surface area contributed by atoms with Gasteiger partial charge in [0.25, 0.3) is 0 Å². The summed E-state index contributed by atoms with van der Waals surface area (Å²) < 4.78 is 30.5. The number of carbonyl (C=O) groups excluding carboxylic acids is 1. The van der Waals surface area contributed by atoms with Crippen LogP contribution in [0.1, 0.15) is 0 Å². The molecule has 1 amide bonds. The Bertz CT molecular complexity index is 995. The van der Waals surface area contributed by atoms with Crippen LogP contribution in [0.25, 0.3) is 11.4 Å². The summed E-state index contributed by atoms with van der Waals surface area (Å²) in [7, 11) is 1.75. The van der Waals surface area contributed by atoms with Gasteiger partial charge in [0.2, 0.25) is 5.91 Å². The third-order valence-electron chi connectivity index (χ3n) is 3.65. The normalized spacial score (nSPS) is 11.0. The first-order valence-corrected chi connectivity index (χ1v) is 9.89. The van der Waals surface area contributed by atoms with Crippen molar-refractivity contribution in [3.63, 3.8) is 0 Å². The molecule has 152 valence electrons. The molecule has 0 atom stereocenters. The van der Waals surface area contributed by atoms with Crippen molar-refractivity contribution in [3.05, 3.63) is 52.5 Å². The van der Waals surface area contributed by atoms with Crippen molar-refractivity contribution in [2.75, 3.05) is 11.1 Å². The first kappa shape index (κ1) is 21.4. The zero-order valence-corrected chi connectivity index (χ0v) is 17.2. The predicted molar refractivity (Wildman–Crippen MR) is 109 cm³/mol. The summed E-state index contributed by atoms with van der Waals surface area (Å²) in [5.41, 5.74) is 1.17. The van der Waals surface area contributed by atoms with Gasteiger partial charge in [0.05, 0.1) is 5.75 Å². The van der Waals surface area contributed by atoms with E-state index >= 15 is 0 Å². The highest BCUT2D eigenvalue weighted by molar-refractivity contribution is 7.99. The third kappa shape index (κ3) is 5.81. The molecular formula is C18H14Cl2F2N4O2S. The molecule has 0 aliphatic heterocycles. The number of rotatable bonds is 7. The molecule has 0 spiro atoms. The van der Waals surface area contributed by atoms with E-state index in [4.69, 9.17) is 23.2 Å². The van der Waals surface area contributed by atoms with E-state index in [-0.39, 0.29) is 17.4 Å². The Kier molecular flexibility index (Phi) is 6.94. The van der Waals surface area contributed by atoms with Crippen molar-refractivity contribution in [1.82, 2.24) is 14.8 Å². The summed E-state index contributed by atoms with van der Waals surface area (Å²) in [6.07, 6.45) is 0. The Labute approximate surface area is 179 Å². The van der Waals surface area contributed by atoms with Crippen LogP contribution < -0.4 is 10.1 Å². The van der Waals surface area contributed by atoms with Crippen LogP contribution in [0.5, 0.6) is 5.75 Å². The molecule has 1 aromatic heterocycles. The van der Waals surface area contributed by atoms with Crippen LogP contribution in [0.3, 0.4) is 0 Å². The average Bonchev–Trinajstić information content (AvgIpc) is 3.00. The van der Waals surface area contributed by atoms with Gasteiger partial charge in [-0.1, -0.05) is 35.0 Å². The number of hydrogen-bond donors (Lipinski definition) is 1. The number of ether oxygens (including phenoxy) is 1. The number of aromatic nitrogens is 3. The molecule has 2 aromatic carbocycles. The Hall–Kier alpha value is -2.36. The Balaban J connectivity index is 1.62. The lowest BCUT2D eigenvalue weighted by atomic mass is 10.2. The van der Waals surface area contributed by atoms with Crippen molar-refractivity contribution >= 4 is 46.6 Å². The fourth-order valence-corrected chi connectivity index (χ4v) is 3.67. The largest absolute Gasteiger partial charge is 0.435 e. The molecule has 1 heterocycles. The van der Waals surface area contributed by atoms with Crippen LogP contribution in [-0.2, 0) is 11.8 Å². The van der Waals surface area contributed by atoms with Crippen molar-refractivity contribution in [2.24, 2.45) is 7.05 Å². The topological polar surface area (TPSA) is 69.0 Å². The highest BCUT2D eigenvalue weighted by atomic mass is 35.5. The third-order valence-corrected chi connectivity index (χ3v) is 5.11. The van der Waals surface area contributed by atoms with E-state index in [2.05, 4.69) is 20.3 Å². The van der Waals surface area contributed by atoms with Gasteiger partial charge in [-0.05, 0) is 42.5 Å². The number of amides is 1. The van der Waals surface area contributed by atoms with E-state index in [1.807, 2.05) is 0 Å². The summed E-state index contributed by atoms with van der Waals surface area (Å²) in [4.78, 5) is 12.2. The molecular weight excluding hydrogens is 445 g/mol. The molecule has 0 aliphatic rings. The van der Waals surface area contributed by atoms with Crippen LogP contribution in [0.15, 0.2) is 47.6 Å². The lowest BCUT2D eigenvalue weighted by Gasteiger charge is -2.07. The number of halogens is 4. The Morgan fingerprint density at radius 3 is 2.45 bits per heavy atom. The monoisotopic (exact) mass is 458 g/mol. The van der Waals surface area contributed by atoms with Gasteiger partial charge in [-0.3, -0.25) is 4.79 Å². The van der Waals surface area contributed by atoms with Gasteiger partial charge >= 0.3 is 6.61 Å². The first-order valence-electron chi connectivity index (χ1n) is 8.15. The van der Waals surface area contributed by atoms with Gasteiger partial charge in [0.15, 0.2) is 11.0 Å². The highest BCUT2D eigenvalue weighted by Crippen LogP contribution is 2.26. The number of thioether (sulfide) groups is 1. The molecule has 3 aromatic rings. The van der Waals surface area contributed by atoms with Crippen molar-refractivity contribution in [3.8, 4) is 17.1 Å². The van der Waals surface area contributed by atoms with Gasteiger partial charge in [-0.25, -0.2) is 0 Å². The summed E-state index contributed by atoms with van der Waals surface area (Å²) in [5.74, 6) is 0.417. The molecule has 11 heteroatoms. The second-order valence-electron chi connectivity index (χ2n) is 5.76. The number of nitrogens with one attached hydrogen (secondary N) is 1. The standard InChI is InChI=1S/C18H14Cl2F2N4O2S/c1-26-16(10-2-4-14(5-3-10)28-17(21)22)24-25-18(26)29-9-15(27)23-13-7-11(19)6-12(20)8-13/h2-8,17H,9H2,1H3,(H,23,27). The predicted octanol–water partition coefficient (Wildman–Crippen LogP) is 5.12. The second-order valence-corrected chi connectivity index (χ2v) is 7.58. The Morgan fingerprint density at radius 2 is 1.83 bits per heavy atom. The number of nitrogens with zero attached hydrogens (tertiary/aromatic N) is 3. The van der Waals surface area contributed by atoms with Crippen molar-refractivity contribution in [1.29, 1.82) is 0 Å². The minimum Gasteiger partial charge on any atom is -0.435 e. The maximum Gasteiger partial charge on any atom is 0.387 e. The quantitative estimate of drug-likeness (QED) is 0.497. The summed E-state index contributed by atoms with van der Waals surface area (Å²) in [5, 5.41) is 12.2. The molecule has 1 N–H and O–H groups in total. The molecule has 0 bridgehead atoms. The zero-order valence-electron chi connectivity index (χ0n) is 14.9. The molecule has 0 unspecified atom stereocenters. The van der Waals surface area contributed by atoms with Gasteiger partial charge < -0.3 is 14.6 Å². The van der Waals surface area contributed by atoms with Crippen molar-refractivity contribution in [2.45, 2.75) is 11.8 Å². The molecule has 0 radical (unpaired) electrons. The van der Waals surface area contributed by atoms with Gasteiger partial charge in [0.1, 0.15) is 5.75 Å². The maximum atomic E-state index is 12.2. The van der Waals surface area contributed by atoms with E-state index in [9.17, 15) is 13.6 Å². The molecule has 3 rings (SSSR count). The number of carbonyl (C=O) groups is 1. The van der Waals surface area contributed by atoms with E-state index in [0.29, 0.717) is 32.3 Å². The summed E-state index contributed by atoms with van der Waals surface area (Å²) in [6, 6.07) is 10.8. The number of hydrogen-bond acceptors (Lipinski definition) is 5. The average molecular weight is 459 g/mol. The van der Waals surface area contributed by atoms with Crippen molar-refractivity contribution < 1.29 is 18.3 Å². The number of benzene rings is 2. The fourth-order valence-electron chi connectivity index (χ4n) is 2.43. The minimum absolute atomic E-state index is 0.0540. The Morgan fingerprint density at radius 1 is 1.17 bits per heavy atom. The van der Waals surface area contributed by atoms with Crippen LogP contribution >= 0.6 is 35.0 Å². The van der Waals surface area contributed by atoms with E-state index in [1.54, 1.807) is 41.9 Å². The van der Waals surface area contributed by atoms with Gasteiger partial charge in [-0.2, -0.15) is 8.78 Å².